The van der Waals surface area contributed by atoms with Crippen molar-refractivity contribution in [3.05, 3.63) is 46.3 Å². The molecule has 1 heterocycles. The Labute approximate surface area is 139 Å². The number of aryl methyl sites for hydroxylation is 2. The van der Waals surface area contributed by atoms with Crippen molar-refractivity contribution in [2.75, 3.05) is 19.0 Å². The van der Waals surface area contributed by atoms with Crippen molar-refractivity contribution in [3.63, 3.8) is 0 Å². The third-order valence-electron chi connectivity index (χ3n) is 3.22. The average Bonchev–Trinajstić information content (AvgIpc) is 2.93. The zero-order valence-corrected chi connectivity index (χ0v) is 14.2. The van der Waals surface area contributed by atoms with Crippen LogP contribution >= 0.6 is 11.3 Å². The van der Waals surface area contributed by atoms with E-state index in [2.05, 4.69) is 12.2 Å². The van der Waals surface area contributed by atoms with Gasteiger partial charge < -0.3 is 14.8 Å². The van der Waals surface area contributed by atoms with E-state index in [1.165, 1.54) is 24.0 Å². The predicted octanol–water partition coefficient (Wildman–Crippen LogP) is 3.42. The van der Waals surface area contributed by atoms with Gasteiger partial charge in [-0.25, -0.2) is 4.79 Å². The van der Waals surface area contributed by atoms with E-state index in [0.717, 1.165) is 11.3 Å². The average molecular weight is 333 g/mol. The number of amides is 1. The lowest BCUT2D eigenvalue weighted by molar-refractivity contribution is -0.118. The first kappa shape index (κ1) is 17.0. The normalized spacial score (nSPS) is 10.2. The lowest BCUT2D eigenvalue weighted by Gasteiger charge is -2.08. The summed E-state index contributed by atoms with van der Waals surface area (Å²) in [4.78, 5) is 24.6. The summed E-state index contributed by atoms with van der Waals surface area (Å²) in [5.41, 5.74) is 1.56. The number of rotatable bonds is 6. The van der Waals surface area contributed by atoms with E-state index in [4.69, 9.17) is 9.47 Å². The number of hydrogen-bond donors (Lipinski definition) is 1. The van der Waals surface area contributed by atoms with Gasteiger partial charge in [-0.2, -0.15) is 0 Å². The molecular weight excluding hydrogens is 314 g/mol. The van der Waals surface area contributed by atoms with Crippen molar-refractivity contribution in [1.82, 2.24) is 0 Å². The van der Waals surface area contributed by atoms with Crippen molar-refractivity contribution in [2.45, 2.75) is 20.3 Å². The van der Waals surface area contributed by atoms with Crippen molar-refractivity contribution in [3.8, 4) is 5.75 Å². The van der Waals surface area contributed by atoms with Gasteiger partial charge in [0.05, 0.1) is 12.7 Å². The van der Waals surface area contributed by atoms with Gasteiger partial charge in [-0.1, -0.05) is 19.1 Å². The van der Waals surface area contributed by atoms with Gasteiger partial charge in [0.15, 0.2) is 6.61 Å². The summed E-state index contributed by atoms with van der Waals surface area (Å²) in [7, 11) is 1.31. The molecule has 0 saturated heterocycles. The summed E-state index contributed by atoms with van der Waals surface area (Å²) in [6.45, 7) is 3.81. The van der Waals surface area contributed by atoms with Crippen molar-refractivity contribution >= 4 is 28.2 Å². The highest BCUT2D eigenvalue weighted by Crippen LogP contribution is 2.28. The number of ether oxygens (including phenoxy) is 2. The van der Waals surface area contributed by atoms with Gasteiger partial charge in [0.25, 0.3) is 5.91 Å². The minimum Gasteiger partial charge on any atom is -0.484 e. The van der Waals surface area contributed by atoms with Crippen LogP contribution in [0.3, 0.4) is 0 Å². The summed E-state index contributed by atoms with van der Waals surface area (Å²) in [5.74, 6) is -0.162. The maximum absolute atomic E-state index is 12.0. The second kappa shape index (κ2) is 7.78. The first-order chi connectivity index (χ1) is 11.0. The Balaban J connectivity index is 1.95. The Morgan fingerprint density at radius 3 is 2.52 bits per heavy atom. The number of esters is 1. The van der Waals surface area contributed by atoms with Crippen LogP contribution in [0.25, 0.3) is 0 Å². The van der Waals surface area contributed by atoms with E-state index >= 15 is 0 Å². The molecule has 0 aliphatic heterocycles. The number of carbonyl (C=O) groups is 2. The molecule has 0 aliphatic rings. The molecule has 0 fully saturated rings. The Hall–Kier alpha value is -2.34. The molecule has 2 rings (SSSR count). The van der Waals surface area contributed by atoms with Crippen molar-refractivity contribution < 1.29 is 19.1 Å². The zero-order chi connectivity index (χ0) is 16.8. The summed E-state index contributed by atoms with van der Waals surface area (Å²) < 4.78 is 10.2. The Morgan fingerprint density at radius 2 is 1.91 bits per heavy atom. The van der Waals surface area contributed by atoms with E-state index in [-0.39, 0.29) is 12.5 Å². The Bertz CT molecular complexity index is 691. The molecule has 0 aliphatic carbocycles. The van der Waals surface area contributed by atoms with Crippen LogP contribution in [0.2, 0.25) is 0 Å². The van der Waals surface area contributed by atoms with Gasteiger partial charge in [-0.3, -0.25) is 4.79 Å². The summed E-state index contributed by atoms with van der Waals surface area (Å²) >= 11 is 1.32. The molecule has 0 saturated carbocycles. The maximum Gasteiger partial charge on any atom is 0.340 e. The second-order valence-corrected chi connectivity index (χ2v) is 6.18. The standard InChI is InChI=1S/C17H19NO4S/c1-4-12-5-7-13(8-6-12)22-10-15(19)18-16-14(17(20)21-3)9-11(2)23-16/h5-9H,4,10H2,1-3H3,(H,18,19). The van der Waals surface area contributed by atoms with E-state index in [1.807, 2.05) is 31.2 Å². The highest BCUT2D eigenvalue weighted by atomic mass is 32.1. The van der Waals surface area contributed by atoms with Crippen molar-refractivity contribution in [2.24, 2.45) is 0 Å². The third-order valence-corrected chi connectivity index (χ3v) is 4.18. The largest absolute Gasteiger partial charge is 0.484 e. The molecule has 6 heteroatoms. The fourth-order valence-electron chi connectivity index (χ4n) is 2.00. The highest BCUT2D eigenvalue weighted by molar-refractivity contribution is 7.16. The smallest absolute Gasteiger partial charge is 0.340 e. The summed E-state index contributed by atoms with van der Waals surface area (Å²) in [5, 5.41) is 3.17. The van der Waals surface area contributed by atoms with E-state index < -0.39 is 5.97 Å². The van der Waals surface area contributed by atoms with Gasteiger partial charge in [-0.15, -0.1) is 11.3 Å². The van der Waals surface area contributed by atoms with E-state index in [0.29, 0.717) is 16.3 Å². The first-order valence-corrected chi connectivity index (χ1v) is 8.05. The third kappa shape index (κ3) is 4.56. The predicted molar refractivity (Wildman–Crippen MR) is 90.3 cm³/mol. The molecule has 0 spiro atoms. The molecule has 0 radical (unpaired) electrons. The molecule has 0 bridgehead atoms. The van der Waals surface area contributed by atoms with E-state index in [1.54, 1.807) is 6.07 Å². The quantitative estimate of drug-likeness (QED) is 0.823. The number of hydrogen-bond acceptors (Lipinski definition) is 5. The second-order valence-electron chi connectivity index (χ2n) is 4.93. The number of benzene rings is 1. The van der Waals surface area contributed by atoms with Crippen LogP contribution in [0.1, 0.15) is 27.7 Å². The topological polar surface area (TPSA) is 64.6 Å². The van der Waals surface area contributed by atoms with Crippen LogP contribution in [0.5, 0.6) is 5.75 Å². The number of thiophene rings is 1. The summed E-state index contributed by atoms with van der Waals surface area (Å²) in [6, 6.07) is 9.29. The molecule has 1 amide bonds. The fraction of sp³-hybridized carbons (Fsp3) is 0.294. The van der Waals surface area contributed by atoms with Crippen LogP contribution in [0.4, 0.5) is 5.00 Å². The molecule has 0 atom stereocenters. The van der Waals surface area contributed by atoms with Crippen LogP contribution in [-0.4, -0.2) is 25.6 Å². The van der Waals surface area contributed by atoms with Gasteiger partial charge in [0.1, 0.15) is 10.8 Å². The van der Waals surface area contributed by atoms with Crippen LogP contribution in [-0.2, 0) is 16.0 Å². The highest BCUT2D eigenvalue weighted by Gasteiger charge is 2.17. The molecule has 1 aromatic heterocycles. The van der Waals surface area contributed by atoms with Gasteiger partial charge in [0, 0.05) is 4.88 Å². The Morgan fingerprint density at radius 1 is 1.22 bits per heavy atom. The number of carbonyl (C=O) groups excluding carboxylic acids is 2. The molecule has 122 valence electrons. The monoisotopic (exact) mass is 333 g/mol. The van der Waals surface area contributed by atoms with Gasteiger partial charge >= 0.3 is 5.97 Å². The lowest BCUT2D eigenvalue weighted by atomic mass is 10.2. The fourth-order valence-corrected chi connectivity index (χ4v) is 2.92. The molecule has 5 nitrogen and oxygen atoms in total. The van der Waals surface area contributed by atoms with E-state index in [9.17, 15) is 9.59 Å². The number of anilines is 1. The number of methoxy groups -OCH3 is 1. The molecule has 2 aromatic rings. The van der Waals surface area contributed by atoms with Crippen LogP contribution in [0, 0.1) is 6.92 Å². The van der Waals surface area contributed by atoms with Gasteiger partial charge in [-0.05, 0) is 37.1 Å². The number of nitrogens with one attached hydrogen (secondary N) is 1. The maximum atomic E-state index is 12.0. The zero-order valence-electron chi connectivity index (χ0n) is 13.3. The minimum atomic E-state index is -0.472. The molecule has 1 aromatic carbocycles. The Kier molecular flexibility index (Phi) is 5.76. The molecule has 1 N–H and O–H groups in total. The molecule has 23 heavy (non-hydrogen) atoms. The lowest BCUT2D eigenvalue weighted by Crippen LogP contribution is -2.20. The molecule has 0 unspecified atom stereocenters. The minimum absolute atomic E-state index is 0.122. The SMILES string of the molecule is CCc1ccc(OCC(=O)Nc2sc(C)cc2C(=O)OC)cc1. The van der Waals surface area contributed by atoms with Crippen LogP contribution in [0.15, 0.2) is 30.3 Å². The van der Waals surface area contributed by atoms with Crippen LogP contribution < -0.4 is 10.1 Å². The summed E-state index contributed by atoms with van der Waals surface area (Å²) in [6.07, 6.45) is 0.953. The first-order valence-electron chi connectivity index (χ1n) is 7.23. The van der Waals surface area contributed by atoms with Gasteiger partial charge in [0.2, 0.25) is 0 Å². The van der Waals surface area contributed by atoms with Crippen molar-refractivity contribution in [1.29, 1.82) is 0 Å². The molecular formula is C17H19NO4S.